The van der Waals surface area contributed by atoms with Gasteiger partial charge in [0.2, 0.25) is 0 Å². The van der Waals surface area contributed by atoms with Crippen LogP contribution >= 0.6 is 0 Å². The smallest absolute Gasteiger partial charge is 0.311 e. The zero-order valence-electron chi connectivity index (χ0n) is 21.0. The predicted molar refractivity (Wildman–Crippen MR) is 156 cm³/mol. The minimum Gasteiger partial charge on any atom is -0.508 e. The molecule has 1 unspecified atom stereocenters. The van der Waals surface area contributed by atoms with Crippen molar-refractivity contribution in [3.05, 3.63) is 90.0 Å². The number of ether oxygens (including phenoxy) is 1. The zero-order chi connectivity index (χ0) is 24.7. The van der Waals surface area contributed by atoms with Gasteiger partial charge < -0.3 is 9.84 Å². The molecule has 0 heterocycles. The molecule has 3 nitrogen and oxygen atoms in total. The number of fused-ring (bicyclic) bond motifs is 2. The van der Waals surface area contributed by atoms with E-state index in [1.54, 1.807) is 12.1 Å². The first-order valence-electron chi connectivity index (χ1n) is 12.1. The van der Waals surface area contributed by atoms with Gasteiger partial charge in [-0.1, -0.05) is 90.2 Å². The van der Waals surface area contributed by atoms with Crippen molar-refractivity contribution in [3.63, 3.8) is 0 Å². The van der Waals surface area contributed by atoms with Gasteiger partial charge in [0.05, 0.1) is 5.41 Å². The molecule has 1 atom stereocenters. The third kappa shape index (κ3) is 7.58. The second-order valence-corrected chi connectivity index (χ2v) is 9.55. The maximum absolute atomic E-state index is 12.2. The van der Waals surface area contributed by atoms with Crippen molar-refractivity contribution in [1.29, 1.82) is 0 Å². The average molecular weight is 489 g/mol. The predicted octanol–water partition coefficient (Wildman–Crippen LogP) is 9.65. The Labute approximate surface area is 218 Å². The highest BCUT2D eigenvalue weighted by atomic mass is 16.5. The summed E-state index contributed by atoms with van der Waals surface area (Å²) in [5, 5.41) is 13.8. The van der Waals surface area contributed by atoms with Crippen molar-refractivity contribution in [2.45, 2.75) is 74.8 Å². The molecule has 4 aromatic carbocycles. The lowest BCUT2D eigenvalue weighted by Gasteiger charge is -2.20. The molecular formula is C33H44O3. The lowest BCUT2D eigenvalue weighted by atomic mass is 9.91. The van der Waals surface area contributed by atoms with E-state index in [-0.39, 0.29) is 20.8 Å². The van der Waals surface area contributed by atoms with E-state index in [1.165, 1.54) is 21.7 Å². The monoisotopic (exact) mass is 488 g/mol. The van der Waals surface area contributed by atoms with Crippen molar-refractivity contribution in [2.75, 3.05) is 0 Å². The zero-order valence-corrected chi connectivity index (χ0v) is 21.0. The molecule has 0 bridgehead atoms. The first kappa shape index (κ1) is 30.7. The van der Waals surface area contributed by atoms with Gasteiger partial charge in [0, 0.05) is 0 Å². The third-order valence-electron chi connectivity index (χ3n) is 6.71. The molecule has 1 N–H and O–H groups in total. The molecule has 0 fully saturated rings. The lowest BCUT2D eigenvalue weighted by molar-refractivity contribution is -0.155. The fourth-order valence-electron chi connectivity index (χ4n) is 3.68. The summed E-state index contributed by atoms with van der Waals surface area (Å²) in [6.45, 7) is 10.5. The number of benzene rings is 4. The maximum atomic E-state index is 12.2. The van der Waals surface area contributed by atoms with E-state index >= 15 is 0 Å². The number of esters is 1. The summed E-state index contributed by atoms with van der Waals surface area (Å²) in [5.74, 6) is 0.797. The van der Waals surface area contributed by atoms with E-state index in [4.69, 9.17) is 9.84 Å². The van der Waals surface area contributed by atoms with Crippen molar-refractivity contribution in [2.24, 2.45) is 5.41 Å². The highest BCUT2D eigenvalue weighted by Crippen LogP contribution is 2.27. The molecule has 36 heavy (non-hydrogen) atoms. The molecule has 0 radical (unpaired) electrons. The SMILES string of the molecule is C.C.CCC(C)(C)C(=O)OCc1cccc2cc3ccccc3cc12.CCC(C)c1ccc(O)cc1. The molecule has 0 amide bonds. The Kier molecular flexibility index (Phi) is 11.7. The Balaban J connectivity index is 0.000000425. The Morgan fingerprint density at radius 3 is 2.03 bits per heavy atom. The first-order chi connectivity index (χ1) is 16.2. The van der Waals surface area contributed by atoms with Crippen LogP contribution < -0.4 is 0 Å². The lowest BCUT2D eigenvalue weighted by Crippen LogP contribution is -2.25. The Hall–Kier alpha value is -3.33. The van der Waals surface area contributed by atoms with Crippen LogP contribution in [-0.2, 0) is 16.1 Å². The summed E-state index contributed by atoms with van der Waals surface area (Å²) in [5.41, 5.74) is 1.91. The third-order valence-corrected chi connectivity index (χ3v) is 6.71. The average Bonchev–Trinajstić information content (AvgIpc) is 2.86. The maximum Gasteiger partial charge on any atom is 0.311 e. The van der Waals surface area contributed by atoms with E-state index in [0.717, 1.165) is 23.8 Å². The number of carbonyl (C=O) groups is 1. The molecule has 0 saturated heterocycles. The quantitative estimate of drug-likeness (QED) is 0.217. The van der Waals surface area contributed by atoms with Gasteiger partial charge in [0.1, 0.15) is 12.4 Å². The first-order valence-corrected chi connectivity index (χ1v) is 12.1. The van der Waals surface area contributed by atoms with E-state index < -0.39 is 5.41 Å². The molecule has 194 valence electrons. The standard InChI is InChI=1S/C21H22O2.C10H14O.2CH4/c1-4-21(2,3)20(22)23-14-18-11-7-10-17-12-15-8-5-6-9-16(15)13-19(17)18;1-3-8(2)9-4-6-10(11)7-5-9;;/h5-13H,4,14H2,1-3H3;4-8,11H,3H2,1-2H3;2*1H4. The summed E-state index contributed by atoms with van der Waals surface area (Å²) in [6.07, 6.45) is 1.91. The highest BCUT2D eigenvalue weighted by molar-refractivity contribution is 5.99. The van der Waals surface area contributed by atoms with Gasteiger partial charge in [-0.25, -0.2) is 0 Å². The van der Waals surface area contributed by atoms with Crippen LogP contribution in [0.1, 0.15) is 79.4 Å². The van der Waals surface area contributed by atoms with Crippen LogP contribution in [-0.4, -0.2) is 11.1 Å². The Morgan fingerprint density at radius 1 is 0.861 bits per heavy atom. The van der Waals surface area contributed by atoms with Crippen LogP contribution in [0.4, 0.5) is 0 Å². The van der Waals surface area contributed by atoms with Crippen LogP contribution in [0.5, 0.6) is 5.75 Å². The van der Waals surface area contributed by atoms with Gasteiger partial charge >= 0.3 is 5.97 Å². The number of aromatic hydroxyl groups is 1. The summed E-state index contributed by atoms with van der Waals surface area (Å²) >= 11 is 0. The molecule has 0 saturated carbocycles. The summed E-state index contributed by atoms with van der Waals surface area (Å²) in [7, 11) is 0. The van der Waals surface area contributed by atoms with E-state index in [9.17, 15) is 4.79 Å². The number of phenols is 1. The van der Waals surface area contributed by atoms with Crippen molar-refractivity contribution >= 4 is 27.5 Å². The van der Waals surface area contributed by atoms with Crippen LogP contribution in [0.25, 0.3) is 21.5 Å². The number of hydrogen-bond donors (Lipinski definition) is 1. The van der Waals surface area contributed by atoms with Crippen LogP contribution in [0.15, 0.2) is 78.9 Å². The van der Waals surface area contributed by atoms with E-state index in [2.05, 4.69) is 44.2 Å². The number of rotatable bonds is 6. The molecule has 0 aromatic heterocycles. The minimum atomic E-state index is -0.433. The molecule has 0 aliphatic carbocycles. The van der Waals surface area contributed by atoms with Crippen LogP contribution in [0.3, 0.4) is 0 Å². The normalized spacial score (nSPS) is 11.5. The van der Waals surface area contributed by atoms with E-state index in [0.29, 0.717) is 18.3 Å². The fraction of sp³-hybridized carbons (Fsp3) is 0.364. The molecule has 0 spiro atoms. The van der Waals surface area contributed by atoms with Gasteiger partial charge in [-0.2, -0.15) is 0 Å². The highest BCUT2D eigenvalue weighted by Gasteiger charge is 2.27. The van der Waals surface area contributed by atoms with Crippen molar-refractivity contribution in [3.8, 4) is 5.75 Å². The van der Waals surface area contributed by atoms with Gasteiger partial charge in [-0.05, 0) is 89.5 Å². The Bertz CT molecular complexity index is 1240. The number of hydrogen-bond acceptors (Lipinski definition) is 3. The van der Waals surface area contributed by atoms with E-state index in [1.807, 2.05) is 57.2 Å². The number of carbonyl (C=O) groups excluding carboxylic acids is 1. The summed E-state index contributed by atoms with van der Waals surface area (Å²) in [4.78, 5) is 12.2. The second kappa shape index (κ2) is 13.7. The van der Waals surface area contributed by atoms with Crippen molar-refractivity contribution < 1.29 is 14.6 Å². The summed E-state index contributed by atoms with van der Waals surface area (Å²) < 4.78 is 5.56. The molecule has 4 aromatic rings. The van der Waals surface area contributed by atoms with Crippen molar-refractivity contribution in [1.82, 2.24) is 0 Å². The van der Waals surface area contributed by atoms with Gasteiger partial charge in [-0.15, -0.1) is 0 Å². The topological polar surface area (TPSA) is 46.5 Å². The van der Waals surface area contributed by atoms with Crippen LogP contribution in [0, 0.1) is 5.41 Å². The van der Waals surface area contributed by atoms with Gasteiger partial charge in [-0.3, -0.25) is 4.79 Å². The molecule has 0 aliphatic rings. The molecule has 3 heteroatoms. The molecule has 0 aliphatic heterocycles. The van der Waals surface area contributed by atoms with Crippen LogP contribution in [0.2, 0.25) is 0 Å². The molecule has 4 rings (SSSR count). The summed E-state index contributed by atoms with van der Waals surface area (Å²) in [6, 6.07) is 26.3. The Morgan fingerprint density at radius 2 is 1.44 bits per heavy atom. The largest absolute Gasteiger partial charge is 0.508 e. The number of phenolic OH excluding ortho intramolecular Hbond substituents is 1. The van der Waals surface area contributed by atoms with Gasteiger partial charge in [0.15, 0.2) is 0 Å². The molecular weight excluding hydrogens is 444 g/mol. The van der Waals surface area contributed by atoms with Gasteiger partial charge in [0.25, 0.3) is 0 Å². The second-order valence-electron chi connectivity index (χ2n) is 9.55. The fourth-order valence-corrected chi connectivity index (χ4v) is 3.68. The minimum absolute atomic E-state index is 0.